The molecule has 3 aromatic heterocycles. The van der Waals surface area contributed by atoms with Gasteiger partial charge >= 0.3 is 6.55 Å². The molecule has 0 saturated carbocycles. The van der Waals surface area contributed by atoms with E-state index in [9.17, 15) is 22.8 Å². The number of hydrogen-bond acceptors (Lipinski definition) is 7. The number of alkyl halides is 2. The zero-order valence-corrected chi connectivity index (χ0v) is 23.0. The van der Waals surface area contributed by atoms with Crippen LogP contribution in [0, 0.1) is 18.6 Å². The van der Waals surface area contributed by atoms with Crippen LogP contribution in [-0.2, 0) is 6.42 Å². The molecule has 0 radical (unpaired) electrons. The fraction of sp³-hybridized carbons (Fsp3) is 0.161. The number of pyridine rings is 3. The highest BCUT2D eigenvalue weighted by Crippen LogP contribution is 2.35. The van der Waals surface area contributed by atoms with Crippen LogP contribution in [-0.4, -0.2) is 34.5 Å². The molecule has 220 valence electrons. The molecule has 2 aromatic carbocycles. The number of hydrogen-bond donors (Lipinski definition) is 0. The van der Waals surface area contributed by atoms with E-state index in [4.69, 9.17) is 14.2 Å². The summed E-state index contributed by atoms with van der Waals surface area (Å²) < 4.78 is 73.0. The van der Waals surface area contributed by atoms with Crippen molar-refractivity contribution in [1.82, 2.24) is 14.5 Å². The molecule has 0 aliphatic rings. The number of fused-ring (bicyclic) bond motifs is 1. The summed E-state index contributed by atoms with van der Waals surface area (Å²) in [4.78, 5) is 35.2. The number of rotatable bonds is 9. The molecule has 0 aliphatic heterocycles. The Morgan fingerprint density at radius 2 is 1.70 bits per heavy atom. The van der Waals surface area contributed by atoms with E-state index in [0.717, 1.165) is 24.4 Å². The molecule has 0 saturated heterocycles. The van der Waals surface area contributed by atoms with Gasteiger partial charge < -0.3 is 14.2 Å². The quantitative estimate of drug-likeness (QED) is 0.139. The molecule has 0 amide bonds. The van der Waals surface area contributed by atoms with Crippen molar-refractivity contribution in [3.8, 4) is 34.3 Å². The lowest BCUT2D eigenvalue weighted by Crippen LogP contribution is -2.25. The van der Waals surface area contributed by atoms with Crippen molar-refractivity contribution in [3.63, 3.8) is 0 Å². The predicted molar refractivity (Wildman–Crippen MR) is 149 cm³/mol. The van der Waals surface area contributed by atoms with Crippen molar-refractivity contribution >= 4 is 16.8 Å². The molecular formula is C31H23F4N3O5. The van der Waals surface area contributed by atoms with Crippen LogP contribution >= 0.6 is 0 Å². The second-order valence-electron chi connectivity index (χ2n) is 9.37. The molecule has 0 atom stereocenters. The van der Waals surface area contributed by atoms with Gasteiger partial charge in [-0.3, -0.25) is 19.1 Å². The number of ketones is 1. The van der Waals surface area contributed by atoms with Crippen molar-refractivity contribution in [2.75, 3.05) is 14.2 Å². The summed E-state index contributed by atoms with van der Waals surface area (Å²) >= 11 is 0. The number of benzene rings is 2. The molecule has 8 nitrogen and oxygen atoms in total. The maximum atomic E-state index is 15.2. The Morgan fingerprint density at radius 3 is 2.35 bits per heavy atom. The van der Waals surface area contributed by atoms with Crippen LogP contribution < -0.4 is 19.6 Å². The number of aromatic nitrogens is 3. The molecule has 0 bridgehead atoms. The number of ether oxygens (including phenoxy) is 3. The van der Waals surface area contributed by atoms with Crippen LogP contribution in [0.2, 0.25) is 0 Å². The van der Waals surface area contributed by atoms with Crippen molar-refractivity contribution < 1.29 is 36.6 Å². The Labute approximate surface area is 242 Å². The number of carbonyl (C=O) groups excluding carboxylic acids is 1. The SMILES string of the molecule is COc1cc2nccc(Oc3ccc(CC(=O)c4c(C)n(C(F)F)cc(-c5ccc(F)cc5)c4=O)cc3F)c2nc1OC. The first kappa shape index (κ1) is 29.2. The lowest BCUT2D eigenvalue weighted by molar-refractivity contribution is 0.0671. The zero-order valence-electron chi connectivity index (χ0n) is 23.0. The molecule has 0 fully saturated rings. The van der Waals surface area contributed by atoms with Gasteiger partial charge in [-0.1, -0.05) is 18.2 Å². The monoisotopic (exact) mass is 593 g/mol. The smallest absolute Gasteiger partial charge is 0.318 e. The first-order valence-corrected chi connectivity index (χ1v) is 12.8. The first-order valence-electron chi connectivity index (χ1n) is 12.8. The summed E-state index contributed by atoms with van der Waals surface area (Å²) in [5, 5.41) is 0. The molecule has 0 unspecified atom stereocenters. The predicted octanol–water partition coefficient (Wildman–Crippen LogP) is 6.68. The minimum atomic E-state index is -3.06. The third kappa shape index (κ3) is 5.76. The van der Waals surface area contributed by atoms with Crippen LogP contribution in [0.5, 0.6) is 23.1 Å². The number of Topliss-reactive ketones (excluding diaryl/α,β-unsaturated/α-hetero) is 1. The van der Waals surface area contributed by atoms with E-state index >= 15 is 4.39 Å². The maximum absolute atomic E-state index is 15.2. The molecule has 0 aliphatic carbocycles. The lowest BCUT2D eigenvalue weighted by Gasteiger charge is -2.16. The van der Waals surface area contributed by atoms with E-state index in [1.807, 2.05) is 0 Å². The normalized spacial score (nSPS) is 11.2. The van der Waals surface area contributed by atoms with Crippen molar-refractivity contribution in [2.24, 2.45) is 0 Å². The molecule has 5 aromatic rings. The van der Waals surface area contributed by atoms with E-state index in [0.29, 0.717) is 15.8 Å². The summed E-state index contributed by atoms with van der Waals surface area (Å²) in [6.07, 6.45) is 1.92. The van der Waals surface area contributed by atoms with Gasteiger partial charge in [0.15, 0.2) is 34.3 Å². The third-order valence-electron chi connectivity index (χ3n) is 6.73. The highest BCUT2D eigenvalue weighted by molar-refractivity contribution is 5.99. The van der Waals surface area contributed by atoms with E-state index in [2.05, 4.69) is 9.97 Å². The van der Waals surface area contributed by atoms with Gasteiger partial charge in [0.2, 0.25) is 0 Å². The summed E-state index contributed by atoms with van der Waals surface area (Å²) in [5.41, 5.74) is -0.685. The highest BCUT2D eigenvalue weighted by Gasteiger charge is 2.24. The van der Waals surface area contributed by atoms with Crippen molar-refractivity contribution in [3.05, 3.63) is 106 Å². The van der Waals surface area contributed by atoms with Crippen LogP contribution in [0.4, 0.5) is 17.6 Å². The Balaban J connectivity index is 1.45. The number of carbonyl (C=O) groups is 1. The molecule has 3 heterocycles. The average molecular weight is 594 g/mol. The third-order valence-corrected chi connectivity index (χ3v) is 6.73. The second-order valence-corrected chi connectivity index (χ2v) is 9.37. The summed E-state index contributed by atoms with van der Waals surface area (Å²) in [5.74, 6) is -1.68. The Morgan fingerprint density at radius 1 is 0.953 bits per heavy atom. The number of methoxy groups -OCH3 is 2. The highest BCUT2D eigenvalue weighted by atomic mass is 19.3. The largest absolute Gasteiger partial charge is 0.491 e. The van der Waals surface area contributed by atoms with Gasteiger partial charge in [-0.2, -0.15) is 8.78 Å². The first-order chi connectivity index (χ1) is 20.6. The second kappa shape index (κ2) is 11.9. The topological polar surface area (TPSA) is 92.5 Å². The van der Waals surface area contributed by atoms with Gasteiger partial charge in [-0.25, -0.2) is 13.8 Å². The summed E-state index contributed by atoms with van der Waals surface area (Å²) in [6, 6.07) is 11.5. The average Bonchev–Trinajstić information content (AvgIpc) is 2.98. The van der Waals surface area contributed by atoms with Crippen LogP contribution in [0.3, 0.4) is 0 Å². The fourth-order valence-electron chi connectivity index (χ4n) is 4.61. The Bertz CT molecular complexity index is 1910. The number of halogens is 4. The van der Waals surface area contributed by atoms with Gasteiger partial charge in [0, 0.05) is 42.2 Å². The van der Waals surface area contributed by atoms with Crippen molar-refractivity contribution in [2.45, 2.75) is 19.9 Å². The molecule has 0 N–H and O–H groups in total. The van der Waals surface area contributed by atoms with Gasteiger partial charge in [-0.15, -0.1) is 0 Å². The molecule has 12 heteroatoms. The molecular weight excluding hydrogens is 570 g/mol. The minimum absolute atomic E-state index is 0.164. The Kier molecular flexibility index (Phi) is 8.11. The van der Waals surface area contributed by atoms with E-state index < -0.39 is 41.4 Å². The van der Waals surface area contributed by atoms with Crippen LogP contribution in [0.25, 0.3) is 22.2 Å². The van der Waals surface area contributed by atoms with E-state index in [1.165, 1.54) is 57.7 Å². The molecule has 43 heavy (non-hydrogen) atoms. The number of nitrogens with zero attached hydrogens (tertiary/aromatic N) is 3. The minimum Gasteiger partial charge on any atom is -0.491 e. The van der Waals surface area contributed by atoms with Crippen LogP contribution in [0.15, 0.2) is 71.8 Å². The van der Waals surface area contributed by atoms with E-state index in [1.54, 1.807) is 6.07 Å². The van der Waals surface area contributed by atoms with Gasteiger partial charge in [-0.05, 0) is 42.3 Å². The van der Waals surface area contributed by atoms with Gasteiger partial charge in [0.1, 0.15) is 11.3 Å². The van der Waals surface area contributed by atoms with Gasteiger partial charge in [0.05, 0.1) is 25.3 Å². The Hall–Kier alpha value is -5.26. The fourth-order valence-corrected chi connectivity index (χ4v) is 4.61. The lowest BCUT2D eigenvalue weighted by atomic mass is 9.97. The zero-order chi connectivity index (χ0) is 30.8. The standard InChI is InChI=1S/C31H23F4N3O5/c1-16-27(29(40)20(15-38(16)31(34)35)18-5-7-19(32)8-6-18)23(39)13-17-4-9-24(21(33)12-17)43-25-10-11-36-22-14-26(41-2)30(42-3)37-28(22)25/h4-12,14-15,31H,13H2,1-3H3. The molecule has 5 rings (SSSR count). The molecule has 0 spiro atoms. The summed E-state index contributed by atoms with van der Waals surface area (Å²) in [6.45, 7) is -1.83. The van der Waals surface area contributed by atoms with Crippen molar-refractivity contribution in [1.29, 1.82) is 0 Å². The summed E-state index contributed by atoms with van der Waals surface area (Å²) in [7, 11) is 2.86. The van der Waals surface area contributed by atoms with Crippen LogP contribution in [0.1, 0.15) is 28.2 Å². The van der Waals surface area contributed by atoms with Gasteiger partial charge in [0.25, 0.3) is 5.88 Å². The van der Waals surface area contributed by atoms with E-state index in [-0.39, 0.29) is 45.3 Å². The maximum Gasteiger partial charge on any atom is 0.318 e.